The summed E-state index contributed by atoms with van der Waals surface area (Å²) in [6.07, 6.45) is 6.79. The molecule has 0 aliphatic heterocycles. The van der Waals surface area contributed by atoms with Crippen molar-refractivity contribution < 1.29 is 13.9 Å². The Bertz CT molecular complexity index is 1250. The Hall–Kier alpha value is -3.59. The second-order valence-electron chi connectivity index (χ2n) is 8.09. The fourth-order valence-corrected chi connectivity index (χ4v) is 3.67. The van der Waals surface area contributed by atoms with E-state index in [9.17, 15) is 8.78 Å². The van der Waals surface area contributed by atoms with Crippen LogP contribution in [0, 0.1) is 11.6 Å². The van der Waals surface area contributed by atoms with Gasteiger partial charge in [0.1, 0.15) is 11.6 Å². The smallest absolute Gasteiger partial charge is 0.135 e. The molecule has 1 aromatic carbocycles. The van der Waals surface area contributed by atoms with Gasteiger partial charge in [0.2, 0.25) is 0 Å². The zero-order valence-electron chi connectivity index (χ0n) is 18.6. The summed E-state index contributed by atoms with van der Waals surface area (Å²) in [7, 11) is 0. The van der Waals surface area contributed by atoms with Crippen LogP contribution in [0.4, 0.5) is 8.78 Å². The lowest BCUT2D eigenvalue weighted by molar-refractivity contribution is 0.269. The van der Waals surface area contributed by atoms with Gasteiger partial charge in [-0.1, -0.05) is 26.8 Å². The summed E-state index contributed by atoms with van der Waals surface area (Å²) < 4.78 is 30.2. The van der Waals surface area contributed by atoms with E-state index in [0.29, 0.717) is 23.6 Å². The lowest BCUT2D eigenvalue weighted by Gasteiger charge is -2.18. The van der Waals surface area contributed by atoms with Crippen molar-refractivity contribution in [1.82, 2.24) is 29.9 Å². The van der Waals surface area contributed by atoms with E-state index < -0.39 is 11.6 Å². The highest BCUT2D eigenvalue weighted by Crippen LogP contribution is 2.32. The maximum absolute atomic E-state index is 14.3. The molecule has 170 valence electrons. The van der Waals surface area contributed by atoms with Gasteiger partial charge in [0, 0.05) is 23.9 Å². The number of hydrogen-bond donors (Lipinski definition) is 1. The largest absolute Gasteiger partial charge is 0.394 e. The fourth-order valence-electron chi connectivity index (χ4n) is 3.67. The molecule has 0 fully saturated rings. The van der Waals surface area contributed by atoms with E-state index in [1.165, 1.54) is 18.2 Å². The third-order valence-corrected chi connectivity index (χ3v) is 5.46. The molecule has 3 aromatic heterocycles. The highest BCUT2D eigenvalue weighted by Gasteiger charge is 2.22. The molecular weight excluding hydrogens is 426 g/mol. The second-order valence-corrected chi connectivity index (χ2v) is 8.09. The van der Waals surface area contributed by atoms with Crippen LogP contribution in [0.25, 0.3) is 22.5 Å². The van der Waals surface area contributed by atoms with E-state index in [1.807, 2.05) is 20.8 Å². The Morgan fingerprint density at radius 3 is 2.45 bits per heavy atom. The van der Waals surface area contributed by atoms with Crippen LogP contribution in [0.1, 0.15) is 49.6 Å². The summed E-state index contributed by atoms with van der Waals surface area (Å²) in [5.41, 5.74) is 3.59. The first-order valence-electron chi connectivity index (χ1n) is 10.7. The molecule has 0 aliphatic carbocycles. The third kappa shape index (κ3) is 4.63. The molecule has 0 spiro atoms. The molecule has 33 heavy (non-hydrogen) atoms. The molecule has 0 aliphatic rings. The molecule has 1 N–H and O–H groups in total. The van der Waals surface area contributed by atoms with Crippen molar-refractivity contribution in [2.24, 2.45) is 0 Å². The van der Waals surface area contributed by atoms with Crippen LogP contribution >= 0.6 is 0 Å². The molecule has 0 amide bonds. The van der Waals surface area contributed by atoms with E-state index in [-0.39, 0.29) is 29.7 Å². The quantitative estimate of drug-likeness (QED) is 0.450. The van der Waals surface area contributed by atoms with E-state index in [1.54, 1.807) is 35.5 Å². The standard InChI is InChI=1S/C24H24F2N6O/c1-14(2)17-9-20(23-18(25)5-4-6-19(23)26)30-31-24(17)15(3)21-11-27-12-22(29-21)16-10-28-32(13-16)7-8-33/h4-6,9-15,33H,7-8H2,1-3H3. The van der Waals surface area contributed by atoms with Gasteiger partial charge >= 0.3 is 0 Å². The predicted molar refractivity (Wildman–Crippen MR) is 119 cm³/mol. The first kappa shape index (κ1) is 22.6. The van der Waals surface area contributed by atoms with Gasteiger partial charge in [-0.25, -0.2) is 13.8 Å². The highest BCUT2D eigenvalue weighted by molar-refractivity contribution is 5.62. The molecule has 0 bridgehead atoms. The van der Waals surface area contributed by atoms with E-state index in [0.717, 1.165) is 11.1 Å². The Kier molecular flexibility index (Phi) is 6.50. The van der Waals surface area contributed by atoms with Crippen LogP contribution in [-0.4, -0.2) is 41.7 Å². The van der Waals surface area contributed by atoms with Crippen molar-refractivity contribution in [2.45, 2.75) is 39.2 Å². The van der Waals surface area contributed by atoms with Crippen LogP contribution in [-0.2, 0) is 6.54 Å². The summed E-state index contributed by atoms with van der Waals surface area (Å²) in [4.78, 5) is 9.07. The van der Waals surface area contributed by atoms with Crippen LogP contribution in [0.3, 0.4) is 0 Å². The lowest BCUT2D eigenvalue weighted by atomic mass is 9.92. The van der Waals surface area contributed by atoms with Crippen LogP contribution < -0.4 is 0 Å². The van der Waals surface area contributed by atoms with Gasteiger partial charge < -0.3 is 5.11 Å². The third-order valence-electron chi connectivity index (χ3n) is 5.46. The maximum Gasteiger partial charge on any atom is 0.135 e. The summed E-state index contributed by atoms with van der Waals surface area (Å²) in [5, 5.41) is 21.8. The number of aliphatic hydroxyl groups is 1. The Labute approximate surface area is 190 Å². The summed E-state index contributed by atoms with van der Waals surface area (Å²) in [6, 6.07) is 5.42. The summed E-state index contributed by atoms with van der Waals surface area (Å²) in [5.74, 6) is -1.58. The maximum atomic E-state index is 14.3. The lowest BCUT2D eigenvalue weighted by Crippen LogP contribution is -2.10. The minimum absolute atomic E-state index is 0.00665. The molecular formula is C24H24F2N6O. The monoisotopic (exact) mass is 450 g/mol. The van der Waals surface area contributed by atoms with Crippen LogP contribution in [0.15, 0.2) is 49.1 Å². The minimum Gasteiger partial charge on any atom is -0.394 e. The minimum atomic E-state index is -0.680. The van der Waals surface area contributed by atoms with Crippen molar-refractivity contribution >= 4 is 0 Å². The normalized spacial score (nSPS) is 12.3. The molecule has 9 heteroatoms. The zero-order valence-corrected chi connectivity index (χ0v) is 18.6. The van der Waals surface area contributed by atoms with Crippen LogP contribution in [0.2, 0.25) is 0 Å². The second kappa shape index (κ2) is 9.50. The molecule has 1 atom stereocenters. The Morgan fingerprint density at radius 2 is 1.76 bits per heavy atom. The van der Waals surface area contributed by atoms with E-state index in [4.69, 9.17) is 10.1 Å². The van der Waals surface area contributed by atoms with Gasteiger partial charge in [0.25, 0.3) is 0 Å². The highest BCUT2D eigenvalue weighted by atomic mass is 19.1. The summed E-state index contributed by atoms with van der Waals surface area (Å²) in [6.45, 7) is 6.32. The van der Waals surface area contributed by atoms with Crippen molar-refractivity contribution in [3.05, 3.63) is 77.6 Å². The Balaban J connectivity index is 1.71. The Morgan fingerprint density at radius 1 is 1.00 bits per heavy atom. The van der Waals surface area contributed by atoms with Crippen molar-refractivity contribution in [3.63, 3.8) is 0 Å². The van der Waals surface area contributed by atoms with Crippen molar-refractivity contribution in [1.29, 1.82) is 0 Å². The SMILES string of the molecule is CC(C)c1cc(-c2c(F)cccc2F)nnc1C(C)c1cncc(-c2cnn(CCO)c2)n1. The van der Waals surface area contributed by atoms with Gasteiger partial charge in [-0.05, 0) is 29.7 Å². The number of nitrogens with zero attached hydrogens (tertiary/aromatic N) is 6. The number of halogens is 2. The number of rotatable bonds is 7. The molecule has 0 saturated carbocycles. The number of aromatic nitrogens is 6. The molecule has 0 radical (unpaired) electrons. The average molecular weight is 450 g/mol. The average Bonchev–Trinajstić information content (AvgIpc) is 3.27. The van der Waals surface area contributed by atoms with E-state index >= 15 is 0 Å². The molecule has 7 nitrogen and oxygen atoms in total. The van der Waals surface area contributed by atoms with E-state index in [2.05, 4.69) is 20.3 Å². The van der Waals surface area contributed by atoms with Crippen molar-refractivity contribution in [2.75, 3.05) is 6.61 Å². The fraction of sp³-hybridized carbons (Fsp3) is 0.292. The van der Waals surface area contributed by atoms with Gasteiger partial charge in [-0.2, -0.15) is 15.3 Å². The van der Waals surface area contributed by atoms with Gasteiger partial charge in [-0.15, -0.1) is 0 Å². The molecule has 4 aromatic rings. The van der Waals surface area contributed by atoms with Crippen molar-refractivity contribution in [3.8, 4) is 22.5 Å². The first-order valence-corrected chi connectivity index (χ1v) is 10.7. The molecule has 3 heterocycles. The molecule has 1 unspecified atom stereocenters. The predicted octanol–water partition coefficient (Wildman–Crippen LogP) is 4.34. The van der Waals surface area contributed by atoms with Gasteiger partial charge in [0.05, 0.1) is 53.9 Å². The number of aliphatic hydroxyl groups excluding tert-OH is 1. The number of hydrogen-bond acceptors (Lipinski definition) is 6. The van der Waals surface area contributed by atoms with Gasteiger partial charge in [-0.3, -0.25) is 9.67 Å². The molecule has 4 rings (SSSR count). The topological polar surface area (TPSA) is 89.6 Å². The molecule has 0 saturated heterocycles. The zero-order chi connectivity index (χ0) is 23.5. The number of benzene rings is 1. The van der Waals surface area contributed by atoms with Gasteiger partial charge in [0.15, 0.2) is 0 Å². The first-order chi connectivity index (χ1) is 15.9. The summed E-state index contributed by atoms with van der Waals surface area (Å²) >= 11 is 0. The van der Waals surface area contributed by atoms with Crippen LogP contribution in [0.5, 0.6) is 0 Å².